The first-order valence-corrected chi connectivity index (χ1v) is 9.69. The number of fused-ring (bicyclic) bond motifs is 1. The molecule has 1 atom stereocenters. The van der Waals surface area contributed by atoms with Gasteiger partial charge in [0.15, 0.2) is 23.4 Å². The molecule has 3 aromatic rings. The van der Waals surface area contributed by atoms with Crippen molar-refractivity contribution in [3.05, 3.63) is 50.4 Å². The average molecular weight is 402 g/mol. The Morgan fingerprint density at radius 2 is 2.04 bits per heavy atom. The molecule has 0 bridgehead atoms. The minimum Gasteiger partial charge on any atom is -0.493 e. The zero-order valence-corrected chi connectivity index (χ0v) is 17.2. The van der Waals surface area contributed by atoms with Gasteiger partial charge in [0.25, 0.3) is 5.56 Å². The molecule has 0 saturated carbocycles. The Kier molecular flexibility index (Phi) is 5.69. The Hall–Kier alpha value is -2.87. The highest BCUT2D eigenvalue weighted by atomic mass is 32.1. The van der Waals surface area contributed by atoms with Crippen LogP contribution in [0, 0.1) is 13.8 Å². The molecule has 0 spiro atoms. The number of carbonyl (C=O) groups excluding carboxylic acids is 1. The van der Waals surface area contributed by atoms with Crippen LogP contribution < -0.4 is 15.0 Å². The number of esters is 1. The van der Waals surface area contributed by atoms with Crippen molar-refractivity contribution in [1.29, 1.82) is 0 Å². The summed E-state index contributed by atoms with van der Waals surface area (Å²) < 4.78 is 16.2. The first-order chi connectivity index (χ1) is 13.3. The maximum Gasteiger partial charge on any atom is 0.338 e. The van der Waals surface area contributed by atoms with Gasteiger partial charge in [-0.1, -0.05) is 0 Å². The van der Waals surface area contributed by atoms with E-state index in [9.17, 15) is 9.59 Å². The predicted octanol–water partition coefficient (Wildman–Crippen LogP) is 3.93. The minimum absolute atomic E-state index is 0.229. The van der Waals surface area contributed by atoms with Crippen LogP contribution in [0.5, 0.6) is 11.5 Å². The maximum atomic E-state index is 12.6. The van der Waals surface area contributed by atoms with Gasteiger partial charge >= 0.3 is 5.97 Å². The highest BCUT2D eigenvalue weighted by Gasteiger charge is 2.20. The van der Waals surface area contributed by atoms with Gasteiger partial charge in [-0.3, -0.25) is 4.79 Å². The first kappa shape index (κ1) is 19.9. The molecule has 0 amide bonds. The SMILES string of the molecule is CCOc1cc(C(=O)O[C@@H](C)c2nc3sc(C)c(C)c3c(=O)[nH]2)ccc1OC. The lowest BCUT2D eigenvalue weighted by molar-refractivity contribution is 0.0319. The molecule has 0 unspecified atom stereocenters. The second kappa shape index (κ2) is 8.02. The molecule has 1 aromatic carbocycles. The Labute approximate surface area is 166 Å². The summed E-state index contributed by atoms with van der Waals surface area (Å²) in [5.74, 6) is 0.763. The normalized spacial score (nSPS) is 12.0. The van der Waals surface area contributed by atoms with Crippen molar-refractivity contribution >= 4 is 27.5 Å². The molecule has 0 fully saturated rings. The molecule has 148 valence electrons. The average Bonchev–Trinajstić information content (AvgIpc) is 2.96. The summed E-state index contributed by atoms with van der Waals surface area (Å²) >= 11 is 1.45. The van der Waals surface area contributed by atoms with E-state index in [1.165, 1.54) is 18.4 Å². The summed E-state index contributed by atoms with van der Waals surface area (Å²) in [5.41, 5.74) is 1.02. The molecule has 7 nitrogen and oxygen atoms in total. The van der Waals surface area contributed by atoms with Gasteiger partial charge in [0.05, 0.1) is 24.7 Å². The predicted molar refractivity (Wildman–Crippen MR) is 108 cm³/mol. The number of thiophene rings is 1. The van der Waals surface area contributed by atoms with Crippen molar-refractivity contribution in [2.24, 2.45) is 0 Å². The highest BCUT2D eigenvalue weighted by molar-refractivity contribution is 7.18. The van der Waals surface area contributed by atoms with E-state index in [-0.39, 0.29) is 5.56 Å². The van der Waals surface area contributed by atoms with Crippen molar-refractivity contribution < 1.29 is 19.0 Å². The van der Waals surface area contributed by atoms with E-state index in [1.807, 2.05) is 20.8 Å². The molecule has 0 aliphatic heterocycles. The fourth-order valence-electron chi connectivity index (χ4n) is 2.82. The molecule has 1 N–H and O–H groups in total. The van der Waals surface area contributed by atoms with Gasteiger partial charge in [-0.05, 0) is 51.5 Å². The number of carbonyl (C=O) groups is 1. The van der Waals surface area contributed by atoms with Gasteiger partial charge in [-0.15, -0.1) is 11.3 Å². The standard InChI is InChI=1S/C20H22N2O5S/c1-6-26-15-9-13(7-8-14(15)25-5)20(24)27-11(3)17-21-18(23)16-10(2)12(4)28-19(16)22-17/h7-9,11H,6H2,1-5H3,(H,21,22,23)/t11-/m0/s1. The van der Waals surface area contributed by atoms with Crippen LogP contribution in [0.2, 0.25) is 0 Å². The quantitative estimate of drug-likeness (QED) is 0.629. The number of rotatable bonds is 6. The number of hydrogen-bond donors (Lipinski definition) is 1. The van der Waals surface area contributed by atoms with E-state index in [0.29, 0.717) is 39.7 Å². The van der Waals surface area contributed by atoms with Gasteiger partial charge in [0.2, 0.25) is 0 Å². The van der Waals surface area contributed by atoms with Crippen LogP contribution in [0.25, 0.3) is 10.2 Å². The van der Waals surface area contributed by atoms with Crippen molar-refractivity contribution in [2.45, 2.75) is 33.8 Å². The van der Waals surface area contributed by atoms with E-state index < -0.39 is 12.1 Å². The van der Waals surface area contributed by atoms with Gasteiger partial charge in [0, 0.05) is 4.88 Å². The number of hydrogen-bond acceptors (Lipinski definition) is 7. The number of aromatic nitrogens is 2. The number of nitrogens with zero attached hydrogens (tertiary/aromatic N) is 1. The fourth-order valence-corrected chi connectivity index (χ4v) is 3.86. The van der Waals surface area contributed by atoms with Crippen molar-refractivity contribution in [3.8, 4) is 11.5 Å². The highest BCUT2D eigenvalue weighted by Crippen LogP contribution is 2.30. The van der Waals surface area contributed by atoms with Crippen molar-refractivity contribution in [2.75, 3.05) is 13.7 Å². The fraction of sp³-hybridized carbons (Fsp3) is 0.350. The minimum atomic E-state index is -0.718. The van der Waals surface area contributed by atoms with Crippen molar-refractivity contribution in [1.82, 2.24) is 9.97 Å². The Bertz CT molecular complexity index is 1090. The molecule has 0 radical (unpaired) electrons. The number of aryl methyl sites for hydroxylation is 2. The number of aromatic amines is 1. The number of methoxy groups -OCH3 is 1. The van der Waals surface area contributed by atoms with E-state index >= 15 is 0 Å². The Morgan fingerprint density at radius 3 is 2.71 bits per heavy atom. The number of benzene rings is 1. The Balaban J connectivity index is 1.85. The third-order valence-corrected chi connectivity index (χ3v) is 5.53. The van der Waals surface area contributed by atoms with E-state index in [0.717, 1.165) is 10.4 Å². The molecule has 0 aliphatic carbocycles. The molecular weight excluding hydrogens is 380 g/mol. The largest absolute Gasteiger partial charge is 0.493 e. The second-order valence-corrected chi connectivity index (χ2v) is 7.46. The molecule has 2 aromatic heterocycles. The van der Waals surface area contributed by atoms with E-state index in [1.54, 1.807) is 25.1 Å². The van der Waals surface area contributed by atoms with Crippen LogP contribution >= 0.6 is 11.3 Å². The molecule has 0 aliphatic rings. The van der Waals surface area contributed by atoms with Crippen LogP contribution in [0.4, 0.5) is 0 Å². The summed E-state index contributed by atoms with van der Waals surface area (Å²) in [7, 11) is 1.53. The summed E-state index contributed by atoms with van der Waals surface area (Å²) in [5, 5.41) is 0.585. The molecule has 8 heteroatoms. The van der Waals surface area contributed by atoms with Crippen LogP contribution in [0.15, 0.2) is 23.0 Å². The van der Waals surface area contributed by atoms with E-state index in [2.05, 4.69) is 9.97 Å². The van der Waals surface area contributed by atoms with Crippen LogP contribution in [0.1, 0.15) is 46.6 Å². The third kappa shape index (κ3) is 3.73. The first-order valence-electron chi connectivity index (χ1n) is 8.87. The summed E-state index contributed by atoms with van der Waals surface area (Å²) in [6.45, 7) is 7.80. The smallest absolute Gasteiger partial charge is 0.338 e. The van der Waals surface area contributed by atoms with E-state index in [4.69, 9.17) is 14.2 Å². The van der Waals surface area contributed by atoms with Gasteiger partial charge < -0.3 is 19.2 Å². The van der Waals surface area contributed by atoms with Crippen LogP contribution in [0.3, 0.4) is 0 Å². The van der Waals surface area contributed by atoms with Crippen LogP contribution in [-0.4, -0.2) is 29.7 Å². The summed E-state index contributed by atoms with van der Waals surface area (Å²) in [6.07, 6.45) is -0.718. The topological polar surface area (TPSA) is 90.5 Å². The van der Waals surface area contributed by atoms with Crippen LogP contribution in [-0.2, 0) is 4.74 Å². The molecule has 2 heterocycles. The molecule has 3 rings (SSSR count). The number of nitrogens with one attached hydrogen (secondary N) is 1. The van der Waals surface area contributed by atoms with Crippen molar-refractivity contribution in [3.63, 3.8) is 0 Å². The lowest BCUT2D eigenvalue weighted by Crippen LogP contribution is -2.17. The van der Waals surface area contributed by atoms with Gasteiger partial charge in [0.1, 0.15) is 4.83 Å². The molecule has 0 saturated heterocycles. The number of H-pyrrole nitrogens is 1. The number of ether oxygens (including phenoxy) is 3. The Morgan fingerprint density at radius 1 is 1.29 bits per heavy atom. The zero-order valence-electron chi connectivity index (χ0n) is 16.4. The summed E-state index contributed by atoms with van der Waals surface area (Å²) in [4.78, 5) is 33.9. The molecule has 28 heavy (non-hydrogen) atoms. The second-order valence-electron chi connectivity index (χ2n) is 6.26. The third-order valence-electron chi connectivity index (χ3n) is 4.43. The summed E-state index contributed by atoms with van der Waals surface area (Å²) in [6, 6.07) is 4.82. The zero-order chi connectivity index (χ0) is 20.4. The maximum absolute atomic E-state index is 12.6. The van der Waals surface area contributed by atoms with Gasteiger partial charge in [-0.2, -0.15) is 0 Å². The van der Waals surface area contributed by atoms with Gasteiger partial charge in [-0.25, -0.2) is 9.78 Å². The lowest BCUT2D eigenvalue weighted by Gasteiger charge is -2.14. The lowest BCUT2D eigenvalue weighted by atomic mass is 10.2. The monoisotopic (exact) mass is 402 g/mol. The molecular formula is C20H22N2O5S.